The second kappa shape index (κ2) is 6.93. The molecule has 0 aromatic carbocycles. The first-order chi connectivity index (χ1) is 10.6. The maximum Gasteiger partial charge on any atom is 0.251 e. The zero-order valence-corrected chi connectivity index (χ0v) is 13.8. The highest BCUT2D eigenvalue weighted by molar-refractivity contribution is 9.10. The van der Waals surface area contributed by atoms with Crippen LogP contribution in [0.2, 0.25) is 0 Å². The Labute approximate surface area is 137 Å². The molecule has 0 N–H and O–H groups in total. The number of piperidine rings is 1. The van der Waals surface area contributed by atoms with Crippen molar-refractivity contribution < 1.29 is 14.3 Å². The molecular formula is C15H19BrN2O4. The van der Waals surface area contributed by atoms with Crippen LogP contribution in [0.1, 0.15) is 19.3 Å². The summed E-state index contributed by atoms with van der Waals surface area (Å²) in [6.07, 6.45) is 4.23. The number of carbonyl (C=O) groups excluding carboxylic acids is 1. The Kier molecular flexibility index (Phi) is 4.95. The van der Waals surface area contributed by atoms with Crippen LogP contribution in [-0.4, -0.2) is 47.5 Å². The standard InChI is InChI=1S/C15H19BrN2O4/c16-11-4-5-13(19)17(9-11)10-14(20)18-6-2-1-3-12(18)15-21-7-8-22-15/h4-5,9,12,15H,1-3,6-8,10H2. The molecule has 22 heavy (non-hydrogen) atoms. The Morgan fingerprint density at radius 2 is 2.05 bits per heavy atom. The lowest BCUT2D eigenvalue weighted by atomic mass is 10.0. The quantitative estimate of drug-likeness (QED) is 0.805. The summed E-state index contributed by atoms with van der Waals surface area (Å²) >= 11 is 3.32. The molecule has 1 aromatic heterocycles. The van der Waals surface area contributed by atoms with E-state index in [4.69, 9.17) is 9.47 Å². The molecule has 3 rings (SSSR count). The van der Waals surface area contributed by atoms with Crippen LogP contribution in [-0.2, 0) is 20.8 Å². The van der Waals surface area contributed by atoms with Crippen LogP contribution in [0.3, 0.4) is 0 Å². The van der Waals surface area contributed by atoms with Gasteiger partial charge in [0, 0.05) is 23.3 Å². The molecule has 6 nitrogen and oxygen atoms in total. The number of likely N-dealkylation sites (tertiary alicyclic amines) is 1. The average Bonchev–Trinajstić information content (AvgIpc) is 3.05. The number of carbonyl (C=O) groups is 1. The molecule has 2 aliphatic rings. The van der Waals surface area contributed by atoms with Crippen molar-refractivity contribution in [1.29, 1.82) is 0 Å². The summed E-state index contributed by atoms with van der Waals surface area (Å²) in [6, 6.07) is 3.08. The number of amides is 1. The number of rotatable bonds is 3. The van der Waals surface area contributed by atoms with Crippen molar-refractivity contribution in [3.05, 3.63) is 33.2 Å². The molecule has 2 fully saturated rings. The number of aromatic nitrogens is 1. The lowest BCUT2D eigenvalue weighted by molar-refractivity contribution is -0.151. The summed E-state index contributed by atoms with van der Waals surface area (Å²) in [7, 11) is 0. The van der Waals surface area contributed by atoms with E-state index in [0.717, 1.165) is 23.7 Å². The van der Waals surface area contributed by atoms with E-state index >= 15 is 0 Å². The third-order valence-corrected chi connectivity index (χ3v) is 4.55. The Bertz CT molecular complexity index is 597. The molecule has 120 valence electrons. The molecule has 1 aromatic rings. The van der Waals surface area contributed by atoms with Crippen LogP contribution >= 0.6 is 15.9 Å². The van der Waals surface area contributed by atoms with Gasteiger partial charge in [-0.1, -0.05) is 0 Å². The van der Waals surface area contributed by atoms with Crippen LogP contribution in [0.5, 0.6) is 0 Å². The summed E-state index contributed by atoms with van der Waals surface area (Å²) in [5.74, 6) is -0.0657. The predicted octanol–water partition coefficient (Wildman–Crippen LogP) is 1.36. The van der Waals surface area contributed by atoms with Gasteiger partial charge in [-0.3, -0.25) is 9.59 Å². The van der Waals surface area contributed by atoms with Crippen LogP contribution in [0.15, 0.2) is 27.6 Å². The van der Waals surface area contributed by atoms with Gasteiger partial charge in [-0.2, -0.15) is 0 Å². The van der Waals surface area contributed by atoms with Gasteiger partial charge in [0.15, 0.2) is 6.29 Å². The lowest BCUT2D eigenvalue weighted by Crippen LogP contribution is -2.51. The molecule has 1 unspecified atom stereocenters. The largest absolute Gasteiger partial charge is 0.348 e. The van der Waals surface area contributed by atoms with E-state index in [2.05, 4.69) is 15.9 Å². The molecular weight excluding hydrogens is 352 g/mol. The van der Waals surface area contributed by atoms with Crippen molar-refractivity contribution in [2.45, 2.75) is 38.1 Å². The van der Waals surface area contributed by atoms with Gasteiger partial charge < -0.3 is 18.9 Å². The smallest absolute Gasteiger partial charge is 0.251 e. The van der Waals surface area contributed by atoms with Crippen molar-refractivity contribution >= 4 is 21.8 Å². The molecule has 0 saturated carbocycles. The van der Waals surface area contributed by atoms with E-state index in [1.54, 1.807) is 12.3 Å². The molecule has 1 amide bonds. The topological polar surface area (TPSA) is 60.8 Å². The molecule has 0 bridgehead atoms. The minimum atomic E-state index is -0.330. The number of nitrogens with zero attached hydrogens (tertiary/aromatic N) is 2. The fourth-order valence-corrected chi connectivity index (χ4v) is 3.39. The SMILES string of the molecule is O=C(Cn1cc(Br)ccc1=O)N1CCCCC1C1OCCO1. The first kappa shape index (κ1) is 15.7. The minimum Gasteiger partial charge on any atom is -0.348 e. The van der Waals surface area contributed by atoms with E-state index in [1.165, 1.54) is 10.6 Å². The first-order valence-corrected chi connectivity index (χ1v) is 8.33. The highest BCUT2D eigenvalue weighted by Crippen LogP contribution is 2.24. The van der Waals surface area contributed by atoms with Gasteiger partial charge in [-0.05, 0) is 41.3 Å². The van der Waals surface area contributed by atoms with Crippen molar-refractivity contribution in [2.75, 3.05) is 19.8 Å². The lowest BCUT2D eigenvalue weighted by Gasteiger charge is -2.38. The number of hydrogen-bond donors (Lipinski definition) is 0. The Morgan fingerprint density at radius 3 is 2.82 bits per heavy atom. The molecule has 7 heteroatoms. The Morgan fingerprint density at radius 1 is 1.27 bits per heavy atom. The summed E-state index contributed by atoms with van der Waals surface area (Å²) in [6.45, 7) is 1.89. The van der Waals surface area contributed by atoms with Gasteiger partial charge in [-0.25, -0.2) is 0 Å². The van der Waals surface area contributed by atoms with Gasteiger partial charge in [0.1, 0.15) is 6.54 Å². The van der Waals surface area contributed by atoms with E-state index in [1.807, 2.05) is 4.90 Å². The molecule has 2 saturated heterocycles. The molecule has 1 atom stereocenters. The summed E-state index contributed by atoms with van der Waals surface area (Å²) in [5, 5.41) is 0. The number of pyridine rings is 1. The third-order valence-electron chi connectivity index (χ3n) is 4.08. The van der Waals surface area contributed by atoms with Crippen LogP contribution in [0, 0.1) is 0 Å². The van der Waals surface area contributed by atoms with Gasteiger partial charge in [0.25, 0.3) is 5.56 Å². The monoisotopic (exact) mass is 370 g/mol. The van der Waals surface area contributed by atoms with Crippen molar-refractivity contribution in [3.8, 4) is 0 Å². The van der Waals surface area contributed by atoms with Gasteiger partial charge in [0.2, 0.25) is 5.91 Å². The predicted molar refractivity (Wildman–Crippen MR) is 83.4 cm³/mol. The summed E-state index contributed by atoms with van der Waals surface area (Å²) in [5.41, 5.74) is -0.182. The summed E-state index contributed by atoms with van der Waals surface area (Å²) < 4.78 is 13.3. The fourth-order valence-electron chi connectivity index (χ4n) is 3.01. The maximum atomic E-state index is 12.6. The van der Waals surface area contributed by atoms with E-state index in [0.29, 0.717) is 19.8 Å². The number of hydrogen-bond acceptors (Lipinski definition) is 4. The summed E-state index contributed by atoms with van der Waals surface area (Å²) in [4.78, 5) is 26.3. The third kappa shape index (κ3) is 3.42. The Balaban J connectivity index is 1.74. The van der Waals surface area contributed by atoms with Crippen LogP contribution < -0.4 is 5.56 Å². The maximum absolute atomic E-state index is 12.6. The Hall–Kier alpha value is -1.18. The van der Waals surface area contributed by atoms with Gasteiger partial charge in [-0.15, -0.1) is 0 Å². The molecule has 0 aliphatic carbocycles. The minimum absolute atomic E-state index is 0.0431. The highest BCUT2D eigenvalue weighted by atomic mass is 79.9. The highest BCUT2D eigenvalue weighted by Gasteiger charge is 2.36. The fraction of sp³-hybridized carbons (Fsp3) is 0.600. The molecule has 3 heterocycles. The van der Waals surface area contributed by atoms with E-state index < -0.39 is 0 Å². The van der Waals surface area contributed by atoms with Crippen molar-refractivity contribution in [2.24, 2.45) is 0 Å². The van der Waals surface area contributed by atoms with Gasteiger partial charge >= 0.3 is 0 Å². The number of ether oxygens (including phenoxy) is 2. The zero-order chi connectivity index (χ0) is 15.5. The van der Waals surface area contributed by atoms with Crippen LogP contribution in [0.4, 0.5) is 0 Å². The van der Waals surface area contributed by atoms with E-state index in [-0.39, 0.29) is 30.3 Å². The second-order valence-corrected chi connectivity index (χ2v) is 6.49. The molecule has 2 aliphatic heterocycles. The number of halogens is 1. The van der Waals surface area contributed by atoms with Gasteiger partial charge in [0.05, 0.1) is 19.3 Å². The second-order valence-electron chi connectivity index (χ2n) is 5.57. The molecule has 0 spiro atoms. The average molecular weight is 371 g/mol. The zero-order valence-electron chi connectivity index (χ0n) is 12.2. The first-order valence-electron chi connectivity index (χ1n) is 7.54. The molecule has 0 radical (unpaired) electrons. The van der Waals surface area contributed by atoms with Crippen molar-refractivity contribution in [1.82, 2.24) is 9.47 Å². The van der Waals surface area contributed by atoms with Crippen molar-refractivity contribution in [3.63, 3.8) is 0 Å². The van der Waals surface area contributed by atoms with E-state index in [9.17, 15) is 9.59 Å². The van der Waals surface area contributed by atoms with Crippen LogP contribution in [0.25, 0.3) is 0 Å². The normalized spacial score (nSPS) is 23.0.